The number of hydrogen-bond donors (Lipinski definition) is 1. The molecule has 0 aromatic heterocycles. The highest BCUT2D eigenvalue weighted by Gasteiger charge is 2.37. The van der Waals surface area contributed by atoms with Crippen molar-refractivity contribution in [3.63, 3.8) is 0 Å². The first-order valence-electron chi connectivity index (χ1n) is 4.65. The fourth-order valence-electron chi connectivity index (χ4n) is 2.69. The molecule has 2 heteroatoms. The summed E-state index contributed by atoms with van der Waals surface area (Å²) >= 11 is 0. The molecule has 11 heavy (non-hydrogen) atoms. The zero-order valence-corrected chi connectivity index (χ0v) is 7.16. The summed E-state index contributed by atoms with van der Waals surface area (Å²) in [6.45, 7) is 1.23. The van der Waals surface area contributed by atoms with Gasteiger partial charge >= 0.3 is 0 Å². The van der Waals surface area contributed by atoms with Gasteiger partial charge in [0.15, 0.2) is 0 Å². The average Bonchev–Trinajstić information content (AvgIpc) is 2.31. The molecule has 1 aliphatic heterocycles. The van der Waals surface area contributed by atoms with Crippen LogP contribution in [0.15, 0.2) is 0 Å². The van der Waals surface area contributed by atoms with E-state index < -0.39 is 0 Å². The molecule has 1 N–H and O–H groups in total. The molecule has 1 saturated heterocycles. The van der Waals surface area contributed by atoms with Gasteiger partial charge in [0.25, 0.3) is 0 Å². The third-order valence-electron chi connectivity index (χ3n) is 3.28. The van der Waals surface area contributed by atoms with E-state index in [1.165, 1.54) is 19.4 Å². The van der Waals surface area contributed by atoms with Crippen molar-refractivity contribution in [2.45, 2.75) is 37.8 Å². The second-order valence-corrected chi connectivity index (χ2v) is 4.08. The van der Waals surface area contributed by atoms with Crippen molar-refractivity contribution < 1.29 is 5.11 Å². The lowest BCUT2D eigenvalue weighted by Gasteiger charge is -2.34. The van der Waals surface area contributed by atoms with Crippen LogP contribution < -0.4 is 0 Å². The highest BCUT2D eigenvalue weighted by atomic mass is 16.3. The predicted molar refractivity (Wildman–Crippen MR) is 44.4 cm³/mol. The summed E-state index contributed by atoms with van der Waals surface area (Å²) in [6, 6.07) is 0.693. The number of aliphatic hydroxyl groups is 1. The molecule has 0 aromatic carbocycles. The van der Waals surface area contributed by atoms with E-state index in [-0.39, 0.29) is 6.10 Å². The summed E-state index contributed by atoms with van der Waals surface area (Å²) in [5.41, 5.74) is 0. The molecule has 1 aliphatic carbocycles. The van der Waals surface area contributed by atoms with Crippen molar-refractivity contribution >= 4 is 0 Å². The highest BCUT2D eigenvalue weighted by molar-refractivity contribution is 4.91. The maximum absolute atomic E-state index is 9.45. The number of likely N-dealkylation sites (tertiary alicyclic amines) is 1. The molecule has 2 fully saturated rings. The number of fused-ring (bicyclic) bond motifs is 1. The van der Waals surface area contributed by atoms with Crippen molar-refractivity contribution in [2.24, 2.45) is 5.92 Å². The molecule has 64 valence electrons. The topological polar surface area (TPSA) is 23.5 Å². The normalized spacial score (nSPS) is 45.8. The van der Waals surface area contributed by atoms with Gasteiger partial charge in [0.05, 0.1) is 6.10 Å². The van der Waals surface area contributed by atoms with Crippen LogP contribution in [0.4, 0.5) is 0 Å². The van der Waals surface area contributed by atoms with Crippen LogP contribution in [0, 0.1) is 5.92 Å². The molecule has 2 aliphatic rings. The van der Waals surface area contributed by atoms with Crippen molar-refractivity contribution in [3.8, 4) is 0 Å². The molecular weight excluding hydrogens is 138 g/mol. The molecule has 2 nitrogen and oxygen atoms in total. The van der Waals surface area contributed by atoms with Crippen LogP contribution in [-0.2, 0) is 0 Å². The average molecular weight is 155 g/mol. The van der Waals surface area contributed by atoms with E-state index in [2.05, 4.69) is 11.9 Å². The molecule has 0 amide bonds. The number of piperidine rings is 1. The fourth-order valence-corrected chi connectivity index (χ4v) is 2.69. The number of aliphatic hydroxyl groups excluding tert-OH is 1. The van der Waals surface area contributed by atoms with Crippen LogP contribution in [0.2, 0.25) is 0 Å². The molecule has 0 spiro atoms. The lowest BCUT2D eigenvalue weighted by atomic mass is 9.93. The number of hydrogen-bond acceptors (Lipinski definition) is 2. The third kappa shape index (κ3) is 1.30. The minimum atomic E-state index is -0.00875. The highest BCUT2D eigenvalue weighted by Crippen LogP contribution is 2.35. The summed E-state index contributed by atoms with van der Waals surface area (Å²) in [6.07, 6.45) is 4.72. The Balaban J connectivity index is 2.03. The van der Waals surface area contributed by atoms with Gasteiger partial charge in [-0.2, -0.15) is 0 Å². The molecule has 1 saturated carbocycles. The van der Waals surface area contributed by atoms with Gasteiger partial charge in [0.2, 0.25) is 0 Å². The van der Waals surface area contributed by atoms with Gasteiger partial charge in [-0.25, -0.2) is 0 Å². The smallest absolute Gasteiger partial charge is 0.0558 e. The maximum Gasteiger partial charge on any atom is 0.0558 e. The van der Waals surface area contributed by atoms with Gasteiger partial charge in [-0.3, -0.25) is 0 Å². The molecule has 0 radical (unpaired) electrons. The quantitative estimate of drug-likeness (QED) is 0.560. The molecule has 3 unspecified atom stereocenters. The molecule has 3 atom stereocenters. The van der Waals surface area contributed by atoms with Crippen molar-refractivity contribution in [3.05, 3.63) is 0 Å². The van der Waals surface area contributed by atoms with Crippen LogP contribution in [0.3, 0.4) is 0 Å². The monoisotopic (exact) mass is 155 g/mol. The van der Waals surface area contributed by atoms with E-state index in [0.717, 1.165) is 18.8 Å². The minimum Gasteiger partial charge on any atom is -0.393 e. The minimum absolute atomic E-state index is 0.00875. The SMILES string of the molecule is CN1CCCC2CC(O)CC21. The first-order chi connectivity index (χ1) is 5.27. The van der Waals surface area contributed by atoms with E-state index in [1.807, 2.05) is 0 Å². The van der Waals surface area contributed by atoms with Crippen molar-refractivity contribution in [1.29, 1.82) is 0 Å². The largest absolute Gasteiger partial charge is 0.393 e. The van der Waals surface area contributed by atoms with Crippen LogP contribution in [0.5, 0.6) is 0 Å². The summed E-state index contributed by atoms with van der Waals surface area (Å²) < 4.78 is 0. The van der Waals surface area contributed by atoms with E-state index in [4.69, 9.17) is 0 Å². The Morgan fingerprint density at radius 3 is 2.91 bits per heavy atom. The second-order valence-electron chi connectivity index (χ2n) is 4.08. The van der Waals surface area contributed by atoms with Crippen molar-refractivity contribution in [2.75, 3.05) is 13.6 Å². The van der Waals surface area contributed by atoms with Gasteiger partial charge < -0.3 is 10.0 Å². The summed E-state index contributed by atoms with van der Waals surface area (Å²) in [5.74, 6) is 0.795. The van der Waals surface area contributed by atoms with E-state index in [1.54, 1.807) is 0 Å². The first kappa shape index (κ1) is 7.56. The van der Waals surface area contributed by atoms with E-state index in [0.29, 0.717) is 6.04 Å². The summed E-state index contributed by atoms with van der Waals surface area (Å²) in [5, 5.41) is 9.45. The zero-order valence-electron chi connectivity index (χ0n) is 7.16. The van der Waals surface area contributed by atoms with Gasteiger partial charge in [-0.1, -0.05) is 0 Å². The van der Waals surface area contributed by atoms with E-state index >= 15 is 0 Å². The summed E-state index contributed by atoms with van der Waals surface area (Å²) in [4.78, 5) is 2.42. The molecule has 1 heterocycles. The lowest BCUT2D eigenvalue weighted by Crippen LogP contribution is -2.39. The standard InChI is InChI=1S/C9H17NO/c1-10-4-2-3-7-5-8(11)6-9(7)10/h7-9,11H,2-6H2,1H3. The van der Waals surface area contributed by atoms with Gasteiger partial charge in [-0.05, 0) is 45.2 Å². The Morgan fingerprint density at radius 2 is 2.18 bits per heavy atom. The molecule has 0 bridgehead atoms. The Hall–Kier alpha value is -0.0800. The van der Waals surface area contributed by atoms with Crippen molar-refractivity contribution in [1.82, 2.24) is 4.90 Å². The van der Waals surface area contributed by atoms with Crippen LogP contribution in [-0.4, -0.2) is 35.7 Å². The first-order valence-corrected chi connectivity index (χ1v) is 4.65. The maximum atomic E-state index is 9.45. The summed E-state index contributed by atoms with van der Waals surface area (Å²) in [7, 11) is 2.19. The van der Waals surface area contributed by atoms with Gasteiger partial charge in [0.1, 0.15) is 0 Å². The predicted octanol–water partition coefficient (Wildman–Crippen LogP) is 0.851. The third-order valence-corrected chi connectivity index (χ3v) is 3.28. The number of nitrogens with zero attached hydrogens (tertiary/aromatic N) is 1. The van der Waals surface area contributed by atoms with Crippen LogP contribution >= 0.6 is 0 Å². The van der Waals surface area contributed by atoms with Crippen LogP contribution in [0.1, 0.15) is 25.7 Å². The molecular formula is C9H17NO. The zero-order chi connectivity index (χ0) is 7.84. The second kappa shape index (κ2) is 2.76. The molecule has 2 rings (SSSR count). The lowest BCUT2D eigenvalue weighted by molar-refractivity contribution is 0.140. The fraction of sp³-hybridized carbons (Fsp3) is 1.00. The van der Waals surface area contributed by atoms with Gasteiger partial charge in [0, 0.05) is 6.04 Å². The van der Waals surface area contributed by atoms with Gasteiger partial charge in [-0.15, -0.1) is 0 Å². The Morgan fingerprint density at radius 1 is 1.36 bits per heavy atom. The Kier molecular flexibility index (Phi) is 1.90. The van der Waals surface area contributed by atoms with Crippen LogP contribution in [0.25, 0.3) is 0 Å². The Labute approximate surface area is 68.2 Å². The van der Waals surface area contributed by atoms with E-state index in [9.17, 15) is 5.11 Å². The number of rotatable bonds is 0. The Bertz CT molecular complexity index is 148. The molecule has 0 aromatic rings.